The van der Waals surface area contributed by atoms with Gasteiger partial charge in [0.15, 0.2) is 0 Å². The van der Waals surface area contributed by atoms with Crippen molar-refractivity contribution in [3.05, 3.63) is 38.9 Å². The number of hydrogen-bond donors (Lipinski definition) is 4. The summed E-state index contributed by atoms with van der Waals surface area (Å²) in [5.74, 6) is -0.283. The van der Waals surface area contributed by atoms with E-state index in [4.69, 9.17) is 0 Å². The van der Waals surface area contributed by atoms with Crippen LogP contribution >= 0.6 is 0 Å². The van der Waals surface area contributed by atoms with E-state index in [2.05, 4.69) is 20.8 Å². The van der Waals surface area contributed by atoms with Crippen molar-refractivity contribution in [2.24, 2.45) is 0 Å². The topological polar surface area (TPSA) is 107 Å². The molecule has 2 aromatic rings. The average molecular weight is 262 g/mol. The lowest BCUT2D eigenvalue weighted by atomic mass is 10.1. The molecule has 100 valence electrons. The third kappa shape index (κ3) is 2.41. The molecule has 1 unspecified atom stereocenters. The van der Waals surface area contributed by atoms with Gasteiger partial charge in [-0.1, -0.05) is 6.07 Å². The third-order valence-electron chi connectivity index (χ3n) is 2.91. The molecule has 0 fully saturated rings. The molecular weight excluding hydrogens is 248 g/mol. The number of fused-ring (bicyclic) bond motifs is 1. The summed E-state index contributed by atoms with van der Waals surface area (Å²) < 4.78 is 0. The zero-order valence-corrected chi connectivity index (χ0v) is 10.5. The molecule has 1 heterocycles. The van der Waals surface area contributed by atoms with Crippen LogP contribution in [0.5, 0.6) is 0 Å². The first-order valence-corrected chi connectivity index (χ1v) is 5.76. The summed E-state index contributed by atoms with van der Waals surface area (Å²) in [4.78, 5) is 35.2. The number of benzene rings is 1. The van der Waals surface area contributed by atoms with Crippen molar-refractivity contribution in [3.63, 3.8) is 0 Å². The Balaban J connectivity index is 2.56. The first kappa shape index (κ1) is 13.0. The van der Waals surface area contributed by atoms with Crippen molar-refractivity contribution < 1.29 is 4.79 Å². The number of carbonyl (C=O) groups is 1. The van der Waals surface area contributed by atoms with Crippen LogP contribution in [-0.2, 0) is 4.79 Å². The van der Waals surface area contributed by atoms with E-state index in [1.165, 1.54) is 6.07 Å². The van der Waals surface area contributed by atoms with Crippen LogP contribution in [0.3, 0.4) is 0 Å². The van der Waals surface area contributed by atoms with E-state index in [0.717, 1.165) is 0 Å². The molecule has 0 aliphatic rings. The Morgan fingerprint density at radius 2 is 1.89 bits per heavy atom. The van der Waals surface area contributed by atoms with Gasteiger partial charge in [-0.3, -0.25) is 24.6 Å². The van der Waals surface area contributed by atoms with Crippen molar-refractivity contribution in [3.8, 4) is 0 Å². The number of nitrogens with one attached hydrogen (secondary N) is 4. The second kappa shape index (κ2) is 5.07. The Morgan fingerprint density at radius 1 is 1.21 bits per heavy atom. The predicted molar refractivity (Wildman–Crippen MR) is 72.3 cm³/mol. The zero-order chi connectivity index (χ0) is 14.0. The van der Waals surface area contributed by atoms with E-state index in [0.29, 0.717) is 5.69 Å². The molecule has 0 saturated carbocycles. The highest BCUT2D eigenvalue weighted by atomic mass is 16.2. The maximum absolute atomic E-state index is 11.8. The van der Waals surface area contributed by atoms with E-state index in [-0.39, 0.29) is 16.7 Å². The molecule has 7 nitrogen and oxygen atoms in total. The first-order chi connectivity index (χ1) is 9.04. The standard InChI is InChI=1S/C12H14N4O3/c1-6(13-2)10(17)14-8-5-3-4-7-9(8)12(19)16-15-11(7)18/h3-6,13H,1-2H3,(H,14,17)(H,15,18)(H,16,19). The van der Waals surface area contributed by atoms with Gasteiger partial charge < -0.3 is 10.6 Å². The molecule has 0 bridgehead atoms. The number of anilines is 1. The fourth-order valence-corrected chi connectivity index (χ4v) is 1.71. The van der Waals surface area contributed by atoms with Gasteiger partial charge in [-0.15, -0.1) is 0 Å². The van der Waals surface area contributed by atoms with Gasteiger partial charge in [0.2, 0.25) is 5.91 Å². The largest absolute Gasteiger partial charge is 0.324 e. The molecule has 1 atom stereocenters. The SMILES string of the molecule is CNC(C)C(=O)Nc1cccc2c(=O)[nH][nH]c(=O)c12. The molecule has 4 N–H and O–H groups in total. The molecular formula is C12H14N4O3. The monoisotopic (exact) mass is 262 g/mol. The van der Waals surface area contributed by atoms with Crippen molar-refractivity contribution in [1.82, 2.24) is 15.5 Å². The second-order valence-electron chi connectivity index (χ2n) is 4.14. The van der Waals surface area contributed by atoms with Gasteiger partial charge >= 0.3 is 0 Å². The summed E-state index contributed by atoms with van der Waals surface area (Å²) in [7, 11) is 1.66. The highest BCUT2D eigenvalue weighted by Crippen LogP contribution is 2.16. The Bertz CT molecular complexity index is 732. The molecule has 0 radical (unpaired) electrons. The number of likely N-dealkylation sites (N-methyl/N-ethyl adjacent to an activating group) is 1. The lowest BCUT2D eigenvalue weighted by molar-refractivity contribution is -0.117. The van der Waals surface area contributed by atoms with Gasteiger partial charge in [-0.2, -0.15) is 0 Å². The molecule has 19 heavy (non-hydrogen) atoms. The Kier molecular flexibility index (Phi) is 3.48. The fourth-order valence-electron chi connectivity index (χ4n) is 1.71. The number of rotatable bonds is 3. The number of hydrogen-bond acceptors (Lipinski definition) is 4. The second-order valence-corrected chi connectivity index (χ2v) is 4.14. The normalized spacial score (nSPS) is 12.3. The van der Waals surface area contributed by atoms with Crippen LogP contribution < -0.4 is 21.8 Å². The molecule has 0 aliphatic heterocycles. The molecule has 0 saturated heterocycles. The van der Waals surface area contributed by atoms with Gasteiger partial charge in [-0.05, 0) is 26.1 Å². The van der Waals surface area contributed by atoms with E-state index < -0.39 is 17.2 Å². The minimum atomic E-state index is -0.456. The molecule has 1 aromatic heterocycles. The smallest absolute Gasteiger partial charge is 0.272 e. The molecule has 0 spiro atoms. The first-order valence-electron chi connectivity index (χ1n) is 5.76. The van der Waals surface area contributed by atoms with Crippen molar-refractivity contribution in [2.45, 2.75) is 13.0 Å². The highest BCUT2D eigenvalue weighted by molar-refractivity contribution is 6.03. The van der Waals surface area contributed by atoms with Crippen LogP contribution in [0, 0.1) is 0 Å². The Morgan fingerprint density at radius 3 is 2.58 bits per heavy atom. The number of aromatic nitrogens is 2. The van der Waals surface area contributed by atoms with E-state index in [1.807, 2.05) is 0 Å². The summed E-state index contributed by atoms with van der Waals surface area (Å²) in [6.45, 7) is 1.69. The van der Waals surface area contributed by atoms with E-state index >= 15 is 0 Å². The van der Waals surface area contributed by atoms with Crippen molar-refractivity contribution in [2.75, 3.05) is 12.4 Å². The van der Waals surface area contributed by atoms with Gasteiger partial charge in [-0.25, -0.2) is 0 Å². The maximum Gasteiger partial charge on any atom is 0.272 e. The van der Waals surface area contributed by atoms with Crippen LogP contribution in [0.4, 0.5) is 5.69 Å². The Hall–Kier alpha value is -2.41. The molecule has 2 rings (SSSR count). The van der Waals surface area contributed by atoms with Crippen LogP contribution in [0.2, 0.25) is 0 Å². The number of amides is 1. The molecule has 1 aromatic carbocycles. The van der Waals surface area contributed by atoms with E-state index in [1.54, 1.807) is 26.1 Å². The molecule has 1 amide bonds. The summed E-state index contributed by atoms with van der Waals surface area (Å²) in [5, 5.41) is 10.3. The number of H-pyrrole nitrogens is 2. The zero-order valence-electron chi connectivity index (χ0n) is 10.5. The summed E-state index contributed by atoms with van der Waals surface area (Å²) >= 11 is 0. The highest BCUT2D eigenvalue weighted by Gasteiger charge is 2.14. The lowest BCUT2D eigenvalue weighted by Gasteiger charge is -2.12. The van der Waals surface area contributed by atoms with Crippen molar-refractivity contribution in [1.29, 1.82) is 0 Å². The number of aromatic amines is 2. The summed E-state index contributed by atoms with van der Waals surface area (Å²) in [5.41, 5.74) is -0.549. The van der Waals surface area contributed by atoms with Crippen LogP contribution in [0.25, 0.3) is 10.8 Å². The van der Waals surface area contributed by atoms with Crippen molar-refractivity contribution >= 4 is 22.4 Å². The fraction of sp³-hybridized carbons (Fsp3) is 0.250. The van der Waals surface area contributed by atoms with Gasteiger partial charge in [0.25, 0.3) is 11.1 Å². The third-order valence-corrected chi connectivity index (χ3v) is 2.91. The van der Waals surface area contributed by atoms with Gasteiger partial charge in [0, 0.05) is 0 Å². The van der Waals surface area contributed by atoms with Crippen LogP contribution in [0.1, 0.15) is 6.92 Å². The quantitative estimate of drug-likeness (QED) is 0.612. The average Bonchev–Trinajstić information content (AvgIpc) is 2.42. The Labute approximate surface area is 108 Å². The minimum absolute atomic E-state index is 0.169. The lowest BCUT2D eigenvalue weighted by Crippen LogP contribution is -2.36. The maximum atomic E-state index is 11.8. The number of carbonyl (C=O) groups excluding carboxylic acids is 1. The van der Waals surface area contributed by atoms with Crippen LogP contribution in [0.15, 0.2) is 27.8 Å². The summed E-state index contributed by atoms with van der Waals surface area (Å²) in [6, 6.07) is 4.31. The predicted octanol–water partition coefficient (Wildman–Crippen LogP) is -0.237. The molecule has 0 aliphatic carbocycles. The molecule has 7 heteroatoms. The van der Waals surface area contributed by atoms with Gasteiger partial charge in [0.1, 0.15) is 0 Å². The van der Waals surface area contributed by atoms with Crippen LogP contribution in [-0.4, -0.2) is 29.2 Å². The summed E-state index contributed by atoms with van der Waals surface area (Å²) in [6.07, 6.45) is 0. The minimum Gasteiger partial charge on any atom is -0.324 e. The van der Waals surface area contributed by atoms with Gasteiger partial charge in [0.05, 0.1) is 22.5 Å². The van der Waals surface area contributed by atoms with E-state index in [9.17, 15) is 14.4 Å².